The lowest BCUT2D eigenvalue weighted by atomic mass is 10.0. The molecule has 2 aromatic rings. The van der Waals surface area contributed by atoms with Crippen molar-refractivity contribution in [3.8, 4) is 0 Å². The lowest BCUT2D eigenvalue weighted by Gasteiger charge is -2.20. The number of amides is 3. The molecule has 0 radical (unpaired) electrons. The normalized spacial score (nSPS) is 11.5. The topological polar surface area (TPSA) is 155 Å². The van der Waals surface area contributed by atoms with Crippen LogP contribution in [0.25, 0.3) is 0 Å². The minimum absolute atomic E-state index is 0.279. The number of benzene rings is 2. The highest BCUT2D eigenvalue weighted by molar-refractivity contribution is 6.34. The zero-order chi connectivity index (χ0) is 26.7. The van der Waals surface area contributed by atoms with E-state index in [1.54, 1.807) is 18.2 Å². The van der Waals surface area contributed by atoms with Crippen molar-refractivity contribution in [3.05, 3.63) is 63.6 Å². The van der Waals surface area contributed by atoms with Gasteiger partial charge in [-0.25, -0.2) is 10.8 Å². The second-order valence-corrected chi connectivity index (χ2v) is 8.51. The van der Waals surface area contributed by atoms with Gasteiger partial charge in [-0.05, 0) is 42.0 Å². The SMILES string of the molecule is CN(C)C(=O)COC(=O)CC(NC(=O)CNC(=O)c1cccc(N=CNN)c1)c1cc(Cl)cc(Cl)c1. The van der Waals surface area contributed by atoms with Gasteiger partial charge in [-0.2, -0.15) is 0 Å². The molecule has 1 unspecified atom stereocenters. The second kappa shape index (κ2) is 14.0. The van der Waals surface area contributed by atoms with Crippen LogP contribution in [0.5, 0.6) is 0 Å². The Morgan fingerprint density at radius 1 is 1.11 bits per heavy atom. The number of hydrogen-bond donors (Lipinski definition) is 4. The number of aliphatic imine (C=N–C) groups is 1. The van der Waals surface area contributed by atoms with E-state index in [1.807, 2.05) is 0 Å². The summed E-state index contributed by atoms with van der Waals surface area (Å²) in [6.07, 6.45) is 0.959. The number of nitrogens with zero attached hydrogens (tertiary/aromatic N) is 2. The fourth-order valence-electron chi connectivity index (χ4n) is 2.87. The van der Waals surface area contributed by atoms with Crippen LogP contribution in [0, 0.1) is 0 Å². The number of ether oxygens (including phenoxy) is 1. The predicted octanol–water partition coefficient (Wildman–Crippen LogP) is 1.73. The molecule has 0 aliphatic carbocycles. The van der Waals surface area contributed by atoms with Gasteiger partial charge >= 0.3 is 5.97 Å². The van der Waals surface area contributed by atoms with Gasteiger partial charge in [-0.1, -0.05) is 29.3 Å². The van der Waals surface area contributed by atoms with Crippen LogP contribution < -0.4 is 21.9 Å². The average Bonchev–Trinajstić information content (AvgIpc) is 2.83. The zero-order valence-electron chi connectivity index (χ0n) is 19.6. The number of likely N-dealkylation sites (N-methyl/N-ethyl adjacent to an activating group) is 1. The van der Waals surface area contributed by atoms with E-state index in [1.165, 1.54) is 49.6 Å². The van der Waals surface area contributed by atoms with Gasteiger partial charge in [0.05, 0.1) is 24.7 Å². The van der Waals surface area contributed by atoms with Crippen molar-refractivity contribution in [1.29, 1.82) is 0 Å². The maximum atomic E-state index is 12.6. The molecular weight excluding hydrogens is 511 g/mol. The highest BCUT2D eigenvalue weighted by Gasteiger charge is 2.22. The molecule has 0 aromatic heterocycles. The van der Waals surface area contributed by atoms with Gasteiger partial charge in [0.25, 0.3) is 11.8 Å². The number of esters is 1. The first-order valence-corrected chi connectivity index (χ1v) is 11.3. The quantitative estimate of drug-likeness (QED) is 0.112. The van der Waals surface area contributed by atoms with E-state index in [0.29, 0.717) is 21.3 Å². The summed E-state index contributed by atoms with van der Waals surface area (Å²) >= 11 is 12.2. The van der Waals surface area contributed by atoms with E-state index in [9.17, 15) is 19.2 Å². The van der Waals surface area contributed by atoms with E-state index >= 15 is 0 Å². The molecule has 0 aliphatic heterocycles. The highest BCUT2D eigenvalue weighted by Crippen LogP contribution is 2.26. The Bertz CT molecular complexity index is 1120. The Hall–Kier alpha value is -3.67. The van der Waals surface area contributed by atoms with Crippen LogP contribution in [0.4, 0.5) is 5.69 Å². The number of hydrazine groups is 1. The smallest absolute Gasteiger partial charge is 0.308 e. The summed E-state index contributed by atoms with van der Waals surface area (Å²) < 4.78 is 5.01. The Labute approximate surface area is 217 Å². The van der Waals surface area contributed by atoms with Crippen molar-refractivity contribution in [2.45, 2.75) is 12.5 Å². The summed E-state index contributed by atoms with van der Waals surface area (Å²) in [4.78, 5) is 54.4. The van der Waals surface area contributed by atoms with Crippen molar-refractivity contribution >= 4 is 58.9 Å². The molecule has 0 saturated heterocycles. The van der Waals surface area contributed by atoms with Gasteiger partial charge in [0.15, 0.2) is 6.61 Å². The van der Waals surface area contributed by atoms with Crippen molar-refractivity contribution < 1.29 is 23.9 Å². The van der Waals surface area contributed by atoms with Crippen molar-refractivity contribution in [1.82, 2.24) is 21.0 Å². The fourth-order valence-corrected chi connectivity index (χ4v) is 3.42. The van der Waals surface area contributed by atoms with Gasteiger partial charge in [0.1, 0.15) is 6.34 Å². The molecule has 5 N–H and O–H groups in total. The van der Waals surface area contributed by atoms with Gasteiger partial charge in [-0.15, -0.1) is 0 Å². The number of carbonyl (C=O) groups is 4. The van der Waals surface area contributed by atoms with Gasteiger partial charge in [0, 0.05) is 29.7 Å². The zero-order valence-corrected chi connectivity index (χ0v) is 21.1. The monoisotopic (exact) mass is 536 g/mol. The molecule has 13 heteroatoms. The largest absolute Gasteiger partial charge is 0.455 e. The number of hydrogen-bond acceptors (Lipinski definition) is 7. The van der Waals surface area contributed by atoms with E-state index < -0.39 is 36.3 Å². The molecule has 0 fully saturated rings. The van der Waals surface area contributed by atoms with Crippen LogP contribution in [0.2, 0.25) is 10.0 Å². The molecule has 36 heavy (non-hydrogen) atoms. The van der Waals surface area contributed by atoms with E-state index in [2.05, 4.69) is 21.1 Å². The number of halogens is 2. The molecule has 0 aliphatic rings. The Balaban J connectivity index is 2.06. The minimum Gasteiger partial charge on any atom is -0.455 e. The molecular formula is C23H26Cl2N6O5. The van der Waals surface area contributed by atoms with Crippen LogP contribution in [-0.2, 0) is 19.1 Å². The first-order valence-electron chi connectivity index (χ1n) is 10.6. The summed E-state index contributed by atoms with van der Waals surface area (Å²) in [5.41, 5.74) is 3.47. The first-order chi connectivity index (χ1) is 17.1. The number of nitrogens with one attached hydrogen (secondary N) is 3. The second-order valence-electron chi connectivity index (χ2n) is 7.63. The molecule has 0 spiro atoms. The molecule has 0 heterocycles. The van der Waals surface area contributed by atoms with Crippen LogP contribution >= 0.6 is 23.2 Å². The molecule has 0 saturated carbocycles. The summed E-state index contributed by atoms with van der Waals surface area (Å²) in [6.45, 7) is -0.820. The minimum atomic E-state index is -0.881. The first kappa shape index (κ1) is 28.6. The fraction of sp³-hybridized carbons (Fsp3) is 0.261. The molecule has 1 atom stereocenters. The maximum Gasteiger partial charge on any atom is 0.308 e. The lowest BCUT2D eigenvalue weighted by Crippen LogP contribution is -2.39. The van der Waals surface area contributed by atoms with Crippen LogP contribution in [0.15, 0.2) is 47.5 Å². The average molecular weight is 537 g/mol. The molecule has 192 valence electrons. The molecule has 2 aromatic carbocycles. The van der Waals surface area contributed by atoms with Crippen LogP contribution in [0.3, 0.4) is 0 Å². The van der Waals surface area contributed by atoms with Crippen molar-refractivity contribution in [2.75, 3.05) is 27.2 Å². The van der Waals surface area contributed by atoms with Crippen LogP contribution in [0.1, 0.15) is 28.4 Å². The summed E-state index contributed by atoms with van der Waals surface area (Å²) in [5.74, 6) is 2.93. The van der Waals surface area contributed by atoms with Gasteiger partial charge in [0.2, 0.25) is 5.91 Å². The third-order valence-corrected chi connectivity index (χ3v) is 5.09. The van der Waals surface area contributed by atoms with Crippen LogP contribution in [-0.4, -0.2) is 62.2 Å². The third kappa shape index (κ3) is 9.53. The lowest BCUT2D eigenvalue weighted by molar-refractivity contribution is -0.151. The van der Waals surface area contributed by atoms with Crippen molar-refractivity contribution in [3.63, 3.8) is 0 Å². The molecule has 0 bridgehead atoms. The number of nitrogens with two attached hydrogens (primary N) is 1. The Kier molecular flexibility index (Phi) is 11.1. The number of rotatable bonds is 11. The summed E-state index contributed by atoms with van der Waals surface area (Å²) in [7, 11) is 3.06. The highest BCUT2D eigenvalue weighted by atomic mass is 35.5. The Morgan fingerprint density at radius 3 is 2.44 bits per heavy atom. The Morgan fingerprint density at radius 2 is 1.81 bits per heavy atom. The predicted molar refractivity (Wildman–Crippen MR) is 136 cm³/mol. The van der Waals surface area contributed by atoms with Crippen molar-refractivity contribution in [2.24, 2.45) is 10.8 Å². The molecule has 11 nitrogen and oxygen atoms in total. The number of carbonyl (C=O) groups excluding carboxylic acids is 4. The van der Waals surface area contributed by atoms with E-state index in [4.69, 9.17) is 33.8 Å². The summed E-state index contributed by atoms with van der Waals surface area (Å²) in [5, 5.41) is 5.77. The summed E-state index contributed by atoms with van der Waals surface area (Å²) in [6, 6.07) is 10.1. The third-order valence-electron chi connectivity index (χ3n) is 4.65. The molecule has 3 amide bonds. The van der Waals surface area contributed by atoms with Gasteiger partial charge < -0.3 is 25.7 Å². The van der Waals surface area contributed by atoms with E-state index in [-0.39, 0.29) is 18.5 Å². The molecule has 2 rings (SSSR count). The maximum absolute atomic E-state index is 12.6. The standard InChI is InChI=1S/C23H26Cl2N6O5/c1-31(2)21(33)12-36-22(34)10-19(15-6-16(24)9-17(25)7-15)30-20(32)11-27-23(35)14-4-3-5-18(8-14)28-13-29-26/h3-9,13,19H,10-12,26H2,1-2H3,(H,27,35)(H,28,29)(H,30,32). The van der Waals surface area contributed by atoms with E-state index in [0.717, 1.165) is 0 Å². The van der Waals surface area contributed by atoms with Gasteiger partial charge in [-0.3, -0.25) is 19.2 Å².